The summed E-state index contributed by atoms with van der Waals surface area (Å²) < 4.78 is 23.6. The molecule has 1 unspecified atom stereocenters. The third-order valence-electron chi connectivity index (χ3n) is 6.71. The highest BCUT2D eigenvalue weighted by Gasteiger charge is 2.31. The number of rotatable bonds is 25. The summed E-state index contributed by atoms with van der Waals surface area (Å²) in [5, 5.41) is 1.99. The number of methoxy groups -OCH3 is 1. The number of nitrogens with zero attached hydrogens (tertiary/aromatic N) is 1. The van der Waals surface area contributed by atoms with Crippen molar-refractivity contribution in [2.45, 2.75) is 109 Å². The minimum absolute atomic E-state index is 0.0898. The van der Waals surface area contributed by atoms with Gasteiger partial charge in [-0.05, 0) is 18.6 Å². The fourth-order valence-corrected chi connectivity index (χ4v) is 5.78. The molecular formula is C30H51NO6PS+. The summed E-state index contributed by atoms with van der Waals surface area (Å²) in [5.74, 6) is 0.289. The molecule has 9 heteroatoms. The third kappa shape index (κ3) is 17.3. The Morgan fingerprint density at radius 2 is 1.56 bits per heavy atom. The number of hydrogen-bond donors (Lipinski definition) is 1. The molecule has 1 heterocycles. The van der Waals surface area contributed by atoms with Crippen LogP contribution in [0.4, 0.5) is 0 Å². The van der Waals surface area contributed by atoms with Gasteiger partial charge >= 0.3 is 8.17 Å². The van der Waals surface area contributed by atoms with Gasteiger partial charge in [-0.2, -0.15) is 14.0 Å². The lowest BCUT2D eigenvalue weighted by atomic mass is 10.0. The van der Waals surface area contributed by atoms with Gasteiger partial charge in [0.15, 0.2) is 18.5 Å². The molecule has 1 N–H and O–H groups in total. The summed E-state index contributed by atoms with van der Waals surface area (Å²) in [6.45, 7) is 3.79. The molecule has 7 nitrogen and oxygen atoms in total. The average molecular weight is 585 g/mol. The van der Waals surface area contributed by atoms with Crippen molar-refractivity contribution in [2.24, 2.45) is 0 Å². The van der Waals surface area contributed by atoms with Crippen LogP contribution in [-0.4, -0.2) is 37.9 Å². The number of phosphoric ester groups is 1. The Labute approximate surface area is 241 Å². The molecule has 0 saturated heterocycles. The maximum atomic E-state index is 12.5. The second kappa shape index (κ2) is 21.6. The molecule has 2 aromatic rings. The predicted molar refractivity (Wildman–Crippen MR) is 158 cm³/mol. The summed E-state index contributed by atoms with van der Waals surface area (Å²) in [6, 6.07) is 7.11. The van der Waals surface area contributed by atoms with Crippen LogP contribution in [0.15, 0.2) is 41.4 Å². The third-order valence-corrected chi connectivity index (χ3v) is 8.30. The molecule has 0 saturated carbocycles. The topological polar surface area (TPSA) is 84.1 Å². The largest absolute Gasteiger partial charge is 0.598 e. The Morgan fingerprint density at radius 3 is 2.15 bits per heavy atom. The van der Waals surface area contributed by atoms with Gasteiger partial charge in [-0.15, -0.1) is 0 Å². The van der Waals surface area contributed by atoms with Crippen molar-refractivity contribution in [3.8, 4) is 5.75 Å². The number of unbranched alkanes of at least 4 members (excludes halogenated alkanes) is 13. The molecule has 0 aliphatic rings. The summed E-state index contributed by atoms with van der Waals surface area (Å²) >= 11 is 1.61. The van der Waals surface area contributed by atoms with E-state index in [-0.39, 0.29) is 12.4 Å². The lowest BCUT2D eigenvalue weighted by Gasteiger charge is -2.22. The van der Waals surface area contributed by atoms with Crippen molar-refractivity contribution in [3.05, 3.63) is 46.9 Å². The van der Waals surface area contributed by atoms with Crippen LogP contribution in [0.2, 0.25) is 0 Å². The van der Waals surface area contributed by atoms with Crippen molar-refractivity contribution in [1.29, 1.82) is 0 Å². The van der Waals surface area contributed by atoms with E-state index in [2.05, 4.69) is 6.92 Å². The number of benzene rings is 1. The number of aromatic nitrogens is 1. The first-order chi connectivity index (χ1) is 19.0. The SMILES string of the molecule is CCCCCCCCCCCCCCCCOC[C@H](CO[P+]([O-])(O)Oc1cccc(C[n+]2ccsc2)c1)OC. The van der Waals surface area contributed by atoms with Gasteiger partial charge in [0.25, 0.3) is 0 Å². The average Bonchev–Trinajstić information content (AvgIpc) is 3.43. The fraction of sp³-hybridized carbons (Fsp3) is 0.700. The van der Waals surface area contributed by atoms with Crippen molar-refractivity contribution in [3.63, 3.8) is 0 Å². The zero-order valence-electron chi connectivity index (χ0n) is 24.1. The first kappa shape index (κ1) is 34.1. The summed E-state index contributed by atoms with van der Waals surface area (Å²) in [6.07, 6.45) is 20.1. The molecule has 0 amide bonds. The second-order valence-corrected chi connectivity index (χ2v) is 12.4. The quantitative estimate of drug-likeness (QED) is 0.0767. The summed E-state index contributed by atoms with van der Waals surface area (Å²) in [4.78, 5) is 22.7. The Hall–Kier alpha value is -1.12. The van der Waals surface area contributed by atoms with Crippen LogP contribution in [0.25, 0.3) is 0 Å². The van der Waals surface area contributed by atoms with E-state index in [0.717, 1.165) is 18.4 Å². The van der Waals surface area contributed by atoms with Gasteiger partial charge in [-0.1, -0.05) is 114 Å². The number of ether oxygens (including phenoxy) is 2. The van der Waals surface area contributed by atoms with E-state index in [1.54, 1.807) is 36.6 Å². The Balaban J connectivity index is 1.48. The van der Waals surface area contributed by atoms with Gasteiger partial charge in [-0.25, -0.2) is 0 Å². The fourth-order valence-electron chi connectivity index (χ4n) is 4.40. The van der Waals surface area contributed by atoms with E-state index in [1.807, 2.05) is 27.7 Å². The lowest BCUT2D eigenvalue weighted by molar-refractivity contribution is -0.683. The van der Waals surface area contributed by atoms with Crippen molar-refractivity contribution in [2.75, 3.05) is 26.9 Å². The van der Waals surface area contributed by atoms with E-state index in [0.29, 0.717) is 19.8 Å². The zero-order chi connectivity index (χ0) is 28.0. The Kier molecular flexibility index (Phi) is 18.9. The van der Waals surface area contributed by atoms with Gasteiger partial charge in [-0.3, -0.25) is 4.52 Å². The minimum atomic E-state index is -4.29. The van der Waals surface area contributed by atoms with E-state index in [9.17, 15) is 9.79 Å². The van der Waals surface area contributed by atoms with Crippen LogP contribution < -0.4 is 14.0 Å². The molecule has 0 bridgehead atoms. The van der Waals surface area contributed by atoms with Crippen molar-refractivity contribution >= 4 is 19.5 Å². The normalized spacial score (nSPS) is 13.8. The van der Waals surface area contributed by atoms with Crippen LogP contribution in [0.1, 0.15) is 102 Å². The highest BCUT2D eigenvalue weighted by molar-refractivity contribution is 7.53. The minimum Gasteiger partial charge on any atom is -0.598 e. The van der Waals surface area contributed by atoms with Crippen LogP contribution in [-0.2, 0) is 20.5 Å². The lowest BCUT2D eigenvalue weighted by Crippen LogP contribution is -2.30. The standard InChI is InChI=1S/C30H50NO6PS/c1-3-4-5-6-7-8-9-10-11-12-13-14-15-16-21-35-25-30(34-2)26-36-38(32,33)37-29-19-17-18-28(23-29)24-31-20-22-39-27-31/h17-20,22-23,27,30H,3-16,21,24-26H2,1-2H3/p+1/t30-/m1/s1. The molecule has 2 rings (SSSR count). The van der Waals surface area contributed by atoms with Gasteiger partial charge in [0.05, 0.1) is 12.0 Å². The molecule has 1 aromatic carbocycles. The zero-order valence-corrected chi connectivity index (χ0v) is 25.8. The van der Waals surface area contributed by atoms with E-state index < -0.39 is 14.3 Å². The number of phosphoric acid groups is 1. The Bertz CT molecular complexity index is 839. The van der Waals surface area contributed by atoms with Crippen LogP contribution in [0.3, 0.4) is 0 Å². The molecule has 0 radical (unpaired) electrons. The monoisotopic (exact) mass is 584 g/mol. The molecular weight excluding hydrogens is 533 g/mol. The number of thiazole rings is 1. The Morgan fingerprint density at radius 1 is 0.923 bits per heavy atom. The molecule has 222 valence electrons. The van der Waals surface area contributed by atoms with Gasteiger partial charge in [0.1, 0.15) is 12.7 Å². The van der Waals surface area contributed by atoms with E-state index in [1.165, 1.54) is 77.0 Å². The smallest absolute Gasteiger partial charge is 0.426 e. The van der Waals surface area contributed by atoms with E-state index >= 15 is 0 Å². The van der Waals surface area contributed by atoms with Crippen LogP contribution in [0.5, 0.6) is 5.75 Å². The highest BCUT2D eigenvalue weighted by atomic mass is 32.1. The molecule has 0 aliphatic carbocycles. The molecule has 39 heavy (non-hydrogen) atoms. The summed E-state index contributed by atoms with van der Waals surface area (Å²) in [7, 11) is -2.75. The van der Waals surface area contributed by atoms with Crippen LogP contribution in [0, 0.1) is 0 Å². The molecule has 0 fully saturated rings. The molecule has 2 atom stereocenters. The van der Waals surface area contributed by atoms with Gasteiger partial charge in [0.2, 0.25) is 5.51 Å². The predicted octanol–water partition coefficient (Wildman–Crippen LogP) is 7.02. The van der Waals surface area contributed by atoms with Gasteiger partial charge < -0.3 is 14.4 Å². The number of hydrogen-bond acceptors (Lipinski definition) is 7. The van der Waals surface area contributed by atoms with Crippen molar-refractivity contribution in [1.82, 2.24) is 0 Å². The van der Waals surface area contributed by atoms with Crippen molar-refractivity contribution < 1.29 is 32.9 Å². The molecule has 0 spiro atoms. The molecule has 1 aromatic heterocycles. The second-order valence-electron chi connectivity index (χ2n) is 10.2. The highest BCUT2D eigenvalue weighted by Crippen LogP contribution is 2.47. The first-order valence-corrected chi connectivity index (χ1v) is 17.2. The molecule has 0 aliphatic heterocycles. The maximum Gasteiger partial charge on any atom is 0.426 e. The van der Waals surface area contributed by atoms with E-state index in [4.69, 9.17) is 18.5 Å². The van der Waals surface area contributed by atoms with Crippen LogP contribution >= 0.6 is 19.5 Å². The maximum absolute atomic E-state index is 12.5. The van der Waals surface area contributed by atoms with Gasteiger partial charge in [0, 0.05) is 19.3 Å². The first-order valence-electron chi connectivity index (χ1n) is 14.8. The summed E-state index contributed by atoms with van der Waals surface area (Å²) in [5.41, 5.74) is 2.96.